The second-order valence-electron chi connectivity index (χ2n) is 6.73. The average Bonchev–Trinajstić information content (AvgIpc) is 3.06. The van der Waals surface area contributed by atoms with Crippen molar-refractivity contribution in [1.29, 1.82) is 0 Å². The molecule has 1 amide bonds. The molecule has 0 atom stereocenters. The molecule has 1 heterocycles. The van der Waals surface area contributed by atoms with E-state index in [-0.39, 0.29) is 29.4 Å². The Morgan fingerprint density at radius 3 is 2.53 bits per heavy atom. The molecule has 170 valence electrons. The highest BCUT2D eigenvalue weighted by atomic mass is 19.4. The van der Waals surface area contributed by atoms with Crippen LogP contribution >= 0.6 is 0 Å². The molecular weight excluding hydrogens is 437 g/mol. The molecule has 3 rings (SSSR count). The Bertz CT molecular complexity index is 1110. The Labute approximate surface area is 179 Å². The molecule has 0 aliphatic carbocycles. The molecule has 0 bridgehead atoms. The van der Waals surface area contributed by atoms with Crippen molar-refractivity contribution in [3.8, 4) is 11.5 Å². The lowest BCUT2D eigenvalue weighted by atomic mass is 10.1. The number of rotatable bonds is 7. The van der Waals surface area contributed by atoms with E-state index in [0.29, 0.717) is 11.3 Å². The van der Waals surface area contributed by atoms with Gasteiger partial charge in [0.15, 0.2) is 17.3 Å². The normalized spacial score (nSPS) is 11.5. The molecule has 11 heteroatoms. The maximum Gasteiger partial charge on any atom is 0.416 e. The first-order valence-corrected chi connectivity index (χ1v) is 9.21. The van der Waals surface area contributed by atoms with E-state index >= 15 is 0 Å². The molecule has 0 radical (unpaired) electrons. The second kappa shape index (κ2) is 9.25. The van der Waals surface area contributed by atoms with E-state index in [2.05, 4.69) is 15.2 Å². The van der Waals surface area contributed by atoms with E-state index in [4.69, 9.17) is 4.74 Å². The summed E-state index contributed by atoms with van der Waals surface area (Å²) in [6, 6.07) is 10.1. The standard InChI is InChI=1S/C21H18F5N3O3/c1-12-8-18(28-29(12)11-13-4-3-5-15(9-13)21(24,25)26)27-19(30)14-6-7-16(32-20(22)23)17(10-14)31-2/h3-10,20H,11H2,1-2H3,(H,27,28,30). The fourth-order valence-corrected chi connectivity index (χ4v) is 2.94. The smallest absolute Gasteiger partial charge is 0.416 e. The van der Waals surface area contributed by atoms with Crippen LogP contribution in [-0.4, -0.2) is 29.4 Å². The Morgan fingerprint density at radius 1 is 1.12 bits per heavy atom. The van der Waals surface area contributed by atoms with Gasteiger partial charge in [-0.2, -0.15) is 27.1 Å². The van der Waals surface area contributed by atoms with Crippen LogP contribution in [0.25, 0.3) is 0 Å². The molecule has 2 aromatic carbocycles. The fourth-order valence-electron chi connectivity index (χ4n) is 2.94. The van der Waals surface area contributed by atoms with Crippen molar-refractivity contribution < 1.29 is 36.2 Å². The van der Waals surface area contributed by atoms with E-state index in [9.17, 15) is 26.7 Å². The molecule has 6 nitrogen and oxygen atoms in total. The van der Waals surface area contributed by atoms with Gasteiger partial charge in [0, 0.05) is 17.3 Å². The summed E-state index contributed by atoms with van der Waals surface area (Å²) < 4.78 is 74.3. The van der Waals surface area contributed by atoms with Gasteiger partial charge in [-0.1, -0.05) is 12.1 Å². The number of alkyl halides is 5. The van der Waals surface area contributed by atoms with E-state index in [0.717, 1.165) is 12.1 Å². The number of methoxy groups -OCH3 is 1. The zero-order valence-electron chi connectivity index (χ0n) is 16.9. The highest BCUT2D eigenvalue weighted by Gasteiger charge is 2.30. The maximum absolute atomic E-state index is 12.9. The van der Waals surface area contributed by atoms with E-state index in [1.165, 1.54) is 36.1 Å². The number of carbonyl (C=O) groups is 1. The molecule has 0 spiro atoms. The average molecular weight is 455 g/mol. The number of nitrogens with zero attached hydrogens (tertiary/aromatic N) is 2. The first-order valence-electron chi connectivity index (χ1n) is 9.21. The molecule has 0 unspecified atom stereocenters. The minimum atomic E-state index is -4.45. The maximum atomic E-state index is 12.9. The van der Waals surface area contributed by atoms with Crippen molar-refractivity contribution in [2.75, 3.05) is 12.4 Å². The van der Waals surface area contributed by atoms with Crippen LogP contribution in [0.1, 0.15) is 27.2 Å². The zero-order valence-corrected chi connectivity index (χ0v) is 16.9. The number of aromatic nitrogens is 2. The summed E-state index contributed by atoms with van der Waals surface area (Å²) in [4.78, 5) is 12.5. The molecule has 32 heavy (non-hydrogen) atoms. The highest BCUT2D eigenvalue weighted by molar-refractivity contribution is 6.04. The van der Waals surface area contributed by atoms with Crippen molar-refractivity contribution in [3.05, 3.63) is 70.9 Å². The van der Waals surface area contributed by atoms with Crippen molar-refractivity contribution in [2.45, 2.75) is 26.3 Å². The molecule has 0 saturated heterocycles. The van der Waals surface area contributed by atoms with Crippen LogP contribution in [0.15, 0.2) is 48.5 Å². The van der Waals surface area contributed by atoms with Crippen LogP contribution in [0.3, 0.4) is 0 Å². The predicted molar refractivity (Wildman–Crippen MR) is 105 cm³/mol. The number of ether oxygens (including phenoxy) is 2. The van der Waals surface area contributed by atoms with Gasteiger partial charge in [-0.3, -0.25) is 9.48 Å². The third-order valence-electron chi connectivity index (χ3n) is 4.45. The summed E-state index contributed by atoms with van der Waals surface area (Å²) in [6.45, 7) is -1.29. The van der Waals surface area contributed by atoms with Gasteiger partial charge in [0.25, 0.3) is 5.91 Å². The lowest BCUT2D eigenvalue weighted by molar-refractivity contribution is -0.137. The summed E-state index contributed by atoms with van der Waals surface area (Å²) in [6.07, 6.45) is -4.45. The molecule has 1 aromatic heterocycles. The Kier molecular flexibility index (Phi) is 6.66. The summed E-state index contributed by atoms with van der Waals surface area (Å²) in [5.41, 5.74) is 0.342. The number of benzene rings is 2. The van der Waals surface area contributed by atoms with E-state index in [1.54, 1.807) is 19.1 Å². The number of amides is 1. The number of anilines is 1. The highest BCUT2D eigenvalue weighted by Crippen LogP contribution is 2.31. The molecule has 1 N–H and O–H groups in total. The van der Waals surface area contributed by atoms with Crippen molar-refractivity contribution in [3.63, 3.8) is 0 Å². The third-order valence-corrected chi connectivity index (χ3v) is 4.45. The number of hydrogen-bond donors (Lipinski definition) is 1. The van der Waals surface area contributed by atoms with Crippen LogP contribution < -0.4 is 14.8 Å². The molecular formula is C21H18F5N3O3. The van der Waals surface area contributed by atoms with Crippen molar-refractivity contribution in [1.82, 2.24) is 9.78 Å². The first-order chi connectivity index (χ1) is 15.1. The monoisotopic (exact) mass is 455 g/mol. The Hall–Kier alpha value is -3.63. The van der Waals surface area contributed by atoms with Crippen molar-refractivity contribution in [2.24, 2.45) is 0 Å². The number of halogens is 5. The molecule has 0 saturated carbocycles. The van der Waals surface area contributed by atoms with Gasteiger partial charge < -0.3 is 14.8 Å². The summed E-state index contributed by atoms with van der Waals surface area (Å²) >= 11 is 0. The summed E-state index contributed by atoms with van der Waals surface area (Å²) in [5.74, 6) is -0.688. The van der Waals surface area contributed by atoms with Gasteiger partial charge in [0.2, 0.25) is 0 Å². The van der Waals surface area contributed by atoms with Gasteiger partial charge in [0.1, 0.15) is 0 Å². The predicted octanol–water partition coefficient (Wildman–Crippen LogP) is 5.12. The topological polar surface area (TPSA) is 65.4 Å². The van der Waals surface area contributed by atoms with Gasteiger partial charge in [-0.25, -0.2) is 0 Å². The largest absolute Gasteiger partial charge is 0.493 e. The third kappa shape index (κ3) is 5.54. The second-order valence-corrected chi connectivity index (χ2v) is 6.73. The minimum Gasteiger partial charge on any atom is -0.493 e. The van der Waals surface area contributed by atoms with Gasteiger partial charge in [-0.05, 0) is 42.8 Å². The van der Waals surface area contributed by atoms with E-state index in [1.807, 2.05) is 0 Å². The number of aryl methyl sites for hydroxylation is 1. The summed E-state index contributed by atoms with van der Waals surface area (Å²) in [7, 11) is 1.24. The Morgan fingerprint density at radius 2 is 1.88 bits per heavy atom. The SMILES string of the molecule is COc1cc(C(=O)Nc2cc(C)n(Cc3cccc(C(F)(F)F)c3)n2)ccc1OC(F)F. The number of carbonyl (C=O) groups excluding carboxylic acids is 1. The number of hydrogen-bond acceptors (Lipinski definition) is 4. The van der Waals surface area contributed by atoms with Gasteiger partial charge >= 0.3 is 12.8 Å². The first kappa shape index (κ1) is 23.0. The molecule has 0 aliphatic heterocycles. The fraction of sp³-hybridized carbons (Fsp3) is 0.238. The molecule has 0 fully saturated rings. The van der Waals surface area contributed by atoms with Gasteiger partial charge in [0.05, 0.1) is 19.2 Å². The zero-order chi connectivity index (χ0) is 23.5. The van der Waals surface area contributed by atoms with Crippen LogP contribution in [0.4, 0.5) is 27.8 Å². The lowest BCUT2D eigenvalue weighted by Crippen LogP contribution is -2.13. The van der Waals surface area contributed by atoms with Crippen LogP contribution in [0.5, 0.6) is 11.5 Å². The van der Waals surface area contributed by atoms with Crippen LogP contribution in [0.2, 0.25) is 0 Å². The summed E-state index contributed by atoms with van der Waals surface area (Å²) in [5, 5.41) is 6.77. The quantitative estimate of drug-likeness (QED) is 0.503. The number of nitrogens with one attached hydrogen (secondary N) is 1. The van der Waals surface area contributed by atoms with Crippen LogP contribution in [0, 0.1) is 6.92 Å². The molecule has 0 aliphatic rings. The minimum absolute atomic E-state index is 0.0517. The van der Waals surface area contributed by atoms with Gasteiger partial charge in [-0.15, -0.1) is 0 Å². The molecule has 3 aromatic rings. The van der Waals surface area contributed by atoms with E-state index < -0.39 is 24.3 Å². The Balaban J connectivity index is 1.75. The van der Waals surface area contributed by atoms with Crippen molar-refractivity contribution >= 4 is 11.7 Å². The lowest BCUT2D eigenvalue weighted by Gasteiger charge is -2.11. The van der Waals surface area contributed by atoms with Crippen LogP contribution in [-0.2, 0) is 12.7 Å².